The molecule has 1 aliphatic carbocycles. The monoisotopic (exact) mass is 454 g/mol. The molecule has 0 unspecified atom stereocenters. The molecule has 1 fully saturated rings. The van der Waals surface area contributed by atoms with E-state index < -0.39 is 43.2 Å². The fraction of sp³-hybridized carbons (Fsp3) is 0.619. The Bertz CT molecular complexity index is 946. The molecule has 0 amide bonds. The molecule has 2 heterocycles. The van der Waals surface area contributed by atoms with Crippen LogP contribution in [0.4, 0.5) is 13.2 Å². The Morgan fingerprint density at radius 3 is 2.45 bits per heavy atom. The van der Waals surface area contributed by atoms with Crippen LogP contribution in [0.25, 0.3) is 0 Å². The number of nitrogens with zero attached hydrogens (tertiary/aromatic N) is 4. The summed E-state index contributed by atoms with van der Waals surface area (Å²) in [5, 5.41) is 3.98. The number of hydrogen-bond acceptors (Lipinski definition) is 5. The summed E-state index contributed by atoms with van der Waals surface area (Å²) in [6.07, 6.45) is -0.368. The van der Waals surface area contributed by atoms with Gasteiger partial charge in [-0.15, -0.1) is 0 Å². The lowest BCUT2D eigenvalue weighted by Gasteiger charge is -2.52. The van der Waals surface area contributed by atoms with Crippen molar-refractivity contribution < 1.29 is 22.4 Å². The molecule has 3 rings (SSSR count). The largest absolute Gasteiger partial charge is 0.433 e. The van der Waals surface area contributed by atoms with Crippen molar-refractivity contribution in [1.82, 2.24) is 19.7 Å². The predicted octanol–water partition coefficient (Wildman–Crippen LogP) is 5.23. The van der Waals surface area contributed by atoms with Crippen molar-refractivity contribution in [3.63, 3.8) is 0 Å². The second-order valence-electron chi connectivity index (χ2n) is 10.0. The van der Waals surface area contributed by atoms with Gasteiger partial charge in [0.25, 0.3) is 0 Å². The lowest BCUT2D eigenvalue weighted by Crippen LogP contribution is -2.54. The van der Waals surface area contributed by atoms with Crippen molar-refractivity contribution in [3.8, 4) is 0 Å². The van der Waals surface area contributed by atoms with Gasteiger partial charge in [0.1, 0.15) is 6.33 Å². The van der Waals surface area contributed by atoms with Gasteiger partial charge in [0.15, 0.2) is 19.8 Å². The lowest BCUT2D eigenvalue weighted by molar-refractivity contribution is -0.149. The maximum absolute atomic E-state index is 13.9. The molecule has 0 radical (unpaired) electrons. The lowest BCUT2D eigenvalue weighted by atomic mass is 9.77. The van der Waals surface area contributed by atoms with Crippen LogP contribution in [-0.4, -0.2) is 39.5 Å². The van der Waals surface area contributed by atoms with Crippen molar-refractivity contribution in [2.75, 3.05) is 0 Å². The Morgan fingerprint density at radius 2 is 1.94 bits per heavy atom. The summed E-state index contributed by atoms with van der Waals surface area (Å²) in [4.78, 5) is 20.3. The quantitative estimate of drug-likeness (QED) is 0.441. The van der Waals surface area contributed by atoms with Gasteiger partial charge in [-0.2, -0.15) is 18.3 Å². The van der Waals surface area contributed by atoms with E-state index >= 15 is 0 Å². The molecule has 10 heteroatoms. The number of halogens is 3. The highest BCUT2D eigenvalue weighted by Crippen LogP contribution is 2.50. The molecule has 2 aromatic rings. The number of carbonyl (C=O) groups is 1. The molecule has 2 aromatic heterocycles. The van der Waals surface area contributed by atoms with Crippen LogP contribution in [0.1, 0.15) is 68.3 Å². The molecular weight excluding hydrogens is 425 g/mol. The Morgan fingerprint density at radius 1 is 1.29 bits per heavy atom. The summed E-state index contributed by atoms with van der Waals surface area (Å²) in [6.45, 7) is 12.6. The Balaban J connectivity index is 1.81. The number of rotatable bonds is 6. The standard InChI is InChI=1S/C21H29F3N4O2Si/c1-19(2,3)31(5,6)30-20(4)10-15(11-20)28-18(21(22,23)24)16(12-27-28)17(29)9-14-7-8-25-13-26-14/h7-8,12-13,15H,9-11H2,1-6H3/t15-,20+. The molecule has 170 valence electrons. The summed E-state index contributed by atoms with van der Waals surface area (Å²) in [6, 6.07) is 1.04. The van der Waals surface area contributed by atoms with E-state index in [-0.39, 0.29) is 11.5 Å². The SMILES string of the molecule is CC(C)(C)[Si](C)(C)O[C@]1(C)C[C@H](n2ncc(C(=O)Cc3ccncn3)c2C(F)(F)F)C1. The van der Waals surface area contributed by atoms with E-state index in [1.807, 2.05) is 6.92 Å². The summed E-state index contributed by atoms with van der Waals surface area (Å²) in [5.41, 5.74) is -1.55. The van der Waals surface area contributed by atoms with E-state index in [0.29, 0.717) is 18.5 Å². The highest BCUT2D eigenvalue weighted by atomic mass is 28.4. The Kier molecular flexibility index (Phi) is 5.94. The normalized spacial score (nSPS) is 22.3. The Labute approximate surface area is 181 Å². The molecule has 0 bridgehead atoms. The van der Waals surface area contributed by atoms with Crippen LogP contribution in [-0.2, 0) is 17.0 Å². The third-order valence-corrected chi connectivity index (χ3v) is 11.0. The number of Topliss-reactive ketones (excluding diaryl/α,β-unsaturated/α-hetero) is 1. The van der Waals surface area contributed by atoms with Gasteiger partial charge in [-0.1, -0.05) is 20.8 Å². The zero-order chi connectivity index (χ0) is 23.2. The molecule has 1 aliphatic rings. The minimum Gasteiger partial charge on any atom is -0.411 e. The third-order valence-electron chi connectivity index (χ3n) is 6.34. The molecule has 6 nitrogen and oxygen atoms in total. The highest BCUT2D eigenvalue weighted by Gasteiger charge is 2.51. The summed E-state index contributed by atoms with van der Waals surface area (Å²) < 4.78 is 49.2. The minimum absolute atomic E-state index is 0.00447. The molecule has 1 saturated carbocycles. The van der Waals surface area contributed by atoms with E-state index in [4.69, 9.17) is 4.43 Å². The smallest absolute Gasteiger partial charge is 0.411 e. The fourth-order valence-corrected chi connectivity index (χ4v) is 5.48. The van der Waals surface area contributed by atoms with Crippen LogP contribution >= 0.6 is 0 Å². The predicted molar refractivity (Wildman–Crippen MR) is 112 cm³/mol. The average Bonchev–Trinajstić information content (AvgIpc) is 3.04. The molecule has 0 aliphatic heterocycles. The van der Waals surface area contributed by atoms with Gasteiger partial charge in [-0.25, -0.2) is 9.97 Å². The van der Waals surface area contributed by atoms with E-state index in [9.17, 15) is 18.0 Å². The second-order valence-corrected chi connectivity index (χ2v) is 14.7. The van der Waals surface area contributed by atoms with Gasteiger partial charge >= 0.3 is 6.18 Å². The van der Waals surface area contributed by atoms with Crippen molar-refractivity contribution in [1.29, 1.82) is 0 Å². The summed E-state index contributed by atoms with van der Waals surface area (Å²) in [7, 11) is -2.06. The molecule has 0 atom stereocenters. The average molecular weight is 455 g/mol. The maximum atomic E-state index is 13.9. The maximum Gasteiger partial charge on any atom is 0.433 e. The van der Waals surface area contributed by atoms with Crippen LogP contribution in [0.3, 0.4) is 0 Å². The third kappa shape index (κ3) is 4.90. The van der Waals surface area contributed by atoms with Crippen LogP contribution in [0.5, 0.6) is 0 Å². The van der Waals surface area contributed by atoms with Crippen LogP contribution in [0.2, 0.25) is 18.1 Å². The molecule has 0 aromatic carbocycles. The van der Waals surface area contributed by atoms with Gasteiger partial charge in [0, 0.05) is 6.20 Å². The van der Waals surface area contributed by atoms with Crippen molar-refractivity contribution in [2.45, 2.75) is 82.9 Å². The van der Waals surface area contributed by atoms with Gasteiger partial charge in [-0.3, -0.25) is 9.48 Å². The molecule has 0 N–H and O–H groups in total. The Hall–Kier alpha value is -2.07. The van der Waals surface area contributed by atoms with Gasteiger partial charge in [0.2, 0.25) is 0 Å². The van der Waals surface area contributed by atoms with Crippen LogP contribution < -0.4 is 0 Å². The van der Waals surface area contributed by atoms with E-state index in [0.717, 1.165) is 10.9 Å². The fourth-order valence-electron chi connectivity index (χ4n) is 3.77. The molecular formula is C21H29F3N4O2Si. The first-order chi connectivity index (χ1) is 14.1. The topological polar surface area (TPSA) is 69.9 Å². The van der Waals surface area contributed by atoms with E-state index in [1.54, 1.807) is 0 Å². The summed E-state index contributed by atoms with van der Waals surface area (Å²) >= 11 is 0. The van der Waals surface area contributed by atoms with Crippen molar-refractivity contribution >= 4 is 14.1 Å². The van der Waals surface area contributed by atoms with Gasteiger partial charge in [-0.05, 0) is 44.0 Å². The summed E-state index contributed by atoms with van der Waals surface area (Å²) in [5.74, 6) is -0.670. The van der Waals surface area contributed by atoms with Crippen LogP contribution in [0.15, 0.2) is 24.8 Å². The van der Waals surface area contributed by atoms with E-state index in [2.05, 4.69) is 48.9 Å². The minimum atomic E-state index is -4.69. The first-order valence-corrected chi connectivity index (χ1v) is 13.2. The number of aromatic nitrogens is 4. The second kappa shape index (κ2) is 7.81. The van der Waals surface area contributed by atoms with Crippen LogP contribution in [0, 0.1) is 0 Å². The van der Waals surface area contributed by atoms with Gasteiger partial charge < -0.3 is 4.43 Å². The number of alkyl halides is 3. The van der Waals surface area contributed by atoms with Crippen molar-refractivity contribution in [3.05, 3.63) is 41.7 Å². The zero-order valence-electron chi connectivity index (χ0n) is 18.7. The van der Waals surface area contributed by atoms with Gasteiger partial charge in [0.05, 0.1) is 35.5 Å². The first-order valence-electron chi connectivity index (χ1n) is 10.3. The number of hydrogen-bond donors (Lipinski definition) is 0. The molecule has 0 saturated heterocycles. The van der Waals surface area contributed by atoms with E-state index in [1.165, 1.54) is 18.6 Å². The highest BCUT2D eigenvalue weighted by molar-refractivity contribution is 6.74. The number of ketones is 1. The zero-order valence-corrected chi connectivity index (χ0v) is 19.7. The molecule has 31 heavy (non-hydrogen) atoms. The van der Waals surface area contributed by atoms with Crippen molar-refractivity contribution in [2.24, 2.45) is 0 Å². The number of carbonyl (C=O) groups excluding carboxylic acids is 1. The first kappa shape index (κ1) is 23.6. The molecule has 0 spiro atoms.